The Bertz CT molecular complexity index is 970. The van der Waals surface area contributed by atoms with Gasteiger partial charge in [-0.15, -0.1) is 0 Å². The molecule has 0 saturated heterocycles. The zero-order chi connectivity index (χ0) is 18.6. The minimum absolute atomic E-state index is 0.120. The first kappa shape index (κ1) is 17.3. The number of benzene rings is 3. The molecule has 1 N–H and O–H groups in total. The van der Waals surface area contributed by atoms with Crippen molar-refractivity contribution >= 4 is 29.4 Å². The maximum atomic E-state index is 13.0. The molecule has 134 valence electrons. The predicted octanol–water partition coefficient (Wildman–Crippen LogP) is 5.14. The van der Waals surface area contributed by atoms with Gasteiger partial charge in [-0.25, -0.2) is 5.01 Å². The van der Waals surface area contributed by atoms with E-state index in [0.717, 1.165) is 16.8 Å². The molecule has 1 aliphatic heterocycles. The Morgan fingerprint density at radius 1 is 0.963 bits per heavy atom. The Morgan fingerprint density at radius 2 is 1.67 bits per heavy atom. The van der Waals surface area contributed by atoms with Crippen LogP contribution < -0.4 is 5.32 Å². The number of hydrazone groups is 1. The van der Waals surface area contributed by atoms with E-state index in [4.69, 9.17) is 11.6 Å². The van der Waals surface area contributed by atoms with Gasteiger partial charge in [0.15, 0.2) is 6.17 Å². The lowest BCUT2D eigenvalue weighted by atomic mass is 10.1. The van der Waals surface area contributed by atoms with Crippen molar-refractivity contribution in [1.29, 1.82) is 0 Å². The summed E-state index contributed by atoms with van der Waals surface area (Å²) in [5.41, 5.74) is 3.50. The first-order chi connectivity index (χ1) is 13.2. The highest BCUT2D eigenvalue weighted by atomic mass is 35.5. The first-order valence-electron chi connectivity index (χ1n) is 8.73. The molecule has 0 aliphatic carbocycles. The van der Waals surface area contributed by atoms with E-state index >= 15 is 0 Å². The molecule has 5 heteroatoms. The molecule has 1 atom stereocenters. The number of carbonyl (C=O) groups excluding carboxylic acids is 1. The summed E-state index contributed by atoms with van der Waals surface area (Å²) in [6, 6.07) is 24.9. The summed E-state index contributed by atoms with van der Waals surface area (Å²) in [6.45, 7) is 0. The van der Waals surface area contributed by atoms with E-state index in [9.17, 15) is 4.79 Å². The third kappa shape index (κ3) is 3.71. The highest BCUT2D eigenvalue weighted by molar-refractivity contribution is 6.30. The monoisotopic (exact) mass is 375 g/mol. The van der Waals surface area contributed by atoms with Gasteiger partial charge in [-0.2, -0.15) is 5.10 Å². The van der Waals surface area contributed by atoms with Gasteiger partial charge in [0.1, 0.15) is 0 Å². The van der Waals surface area contributed by atoms with Gasteiger partial charge in [0.2, 0.25) is 0 Å². The lowest BCUT2D eigenvalue weighted by Gasteiger charge is -2.34. The van der Waals surface area contributed by atoms with E-state index in [1.807, 2.05) is 78.9 Å². The van der Waals surface area contributed by atoms with Gasteiger partial charge < -0.3 is 5.32 Å². The van der Waals surface area contributed by atoms with Crippen molar-refractivity contribution in [3.8, 4) is 0 Å². The van der Waals surface area contributed by atoms with Crippen LogP contribution in [0.25, 0.3) is 0 Å². The Morgan fingerprint density at radius 3 is 2.44 bits per heavy atom. The number of halogens is 1. The fourth-order valence-corrected chi connectivity index (χ4v) is 3.20. The number of carbonyl (C=O) groups is 1. The Labute approximate surface area is 163 Å². The maximum absolute atomic E-state index is 13.0. The summed E-state index contributed by atoms with van der Waals surface area (Å²) in [4.78, 5) is 13.0. The fourth-order valence-electron chi connectivity index (χ4n) is 3.08. The molecule has 3 aromatic rings. The van der Waals surface area contributed by atoms with Crippen molar-refractivity contribution in [2.45, 2.75) is 12.6 Å². The third-order valence-corrected chi connectivity index (χ3v) is 4.72. The number of amides is 1. The van der Waals surface area contributed by atoms with Crippen molar-refractivity contribution in [2.75, 3.05) is 5.32 Å². The van der Waals surface area contributed by atoms with Gasteiger partial charge in [-0.05, 0) is 35.4 Å². The highest BCUT2D eigenvalue weighted by Gasteiger charge is 2.32. The second-order valence-electron chi connectivity index (χ2n) is 6.28. The summed E-state index contributed by atoms with van der Waals surface area (Å²) < 4.78 is 0. The van der Waals surface area contributed by atoms with Crippen LogP contribution in [0.3, 0.4) is 0 Å². The average Bonchev–Trinajstić information content (AvgIpc) is 2.71. The quantitative estimate of drug-likeness (QED) is 0.642. The molecule has 0 spiro atoms. The van der Waals surface area contributed by atoms with Crippen molar-refractivity contribution in [1.82, 2.24) is 5.01 Å². The van der Waals surface area contributed by atoms with Crippen LogP contribution in [0.4, 0.5) is 5.69 Å². The van der Waals surface area contributed by atoms with Gasteiger partial charge >= 0.3 is 0 Å². The molecule has 1 amide bonds. The average molecular weight is 376 g/mol. The normalized spacial score (nSPS) is 16.3. The van der Waals surface area contributed by atoms with Crippen LogP contribution in [0.2, 0.25) is 5.02 Å². The summed E-state index contributed by atoms with van der Waals surface area (Å²) in [6.07, 6.45) is 2.02. The van der Waals surface area contributed by atoms with Crippen LogP contribution in [0.1, 0.15) is 27.7 Å². The highest BCUT2D eigenvalue weighted by Crippen LogP contribution is 2.33. The van der Waals surface area contributed by atoms with Crippen LogP contribution >= 0.6 is 11.6 Å². The number of fused-ring (bicyclic) bond motifs is 1. The molecule has 4 rings (SSSR count). The van der Waals surface area contributed by atoms with Crippen LogP contribution in [0, 0.1) is 0 Å². The topological polar surface area (TPSA) is 44.7 Å². The molecule has 27 heavy (non-hydrogen) atoms. The Kier molecular flexibility index (Phi) is 4.90. The predicted molar refractivity (Wildman–Crippen MR) is 109 cm³/mol. The molecule has 4 nitrogen and oxygen atoms in total. The molecule has 3 aromatic carbocycles. The van der Waals surface area contributed by atoms with E-state index in [0.29, 0.717) is 17.0 Å². The molecule has 1 unspecified atom stereocenters. The van der Waals surface area contributed by atoms with E-state index in [1.54, 1.807) is 6.21 Å². The Hall–Kier alpha value is -3.11. The number of hydrogen-bond donors (Lipinski definition) is 1. The van der Waals surface area contributed by atoms with Crippen LogP contribution in [0.5, 0.6) is 0 Å². The summed E-state index contributed by atoms with van der Waals surface area (Å²) >= 11 is 5.93. The van der Waals surface area contributed by atoms with E-state index in [1.165, 1.54) is 5.01 Å². The van der Waals surface area contributed by atoms with Crippen molar-refractivity contribution in [3.05, 3.63) is 101 Å². The van der Waals surface area contributed by atoms with E-state index in [-0.39, 0.29) is 12.1 Å². The SMILES string of the molecule is O=C1c2ccccc2NC(c2ccccc2)N1N=CCc1ccc(Cl)cc1. The second kappa shape index (κ2) is 7.64. The van der Waals surface area contributed by atoms with Crippen molar-refractivity contribution in [3.63, 3.8) is 0 Å². The molecule has 0 saturated carbocycles. The standard InChI is InChI=1S/C22H18ClN3O/c23-18-12-10-16(11-13-18)14-15-24-26-21(17-6-2-1-3-7-17)25-20-9-5-4-8-19(20)22(26)27/h1-13,15,21,25H,14H2. The summed E-state index contributed by atoms with van der Waals surface area (Å²) in [7, 11) is 0. The number of hydrogen-bond acceptors (Lipinski definition) is 3. The lowest BCUT2D eigenvalue weighted by Crippen LogP contribution is -2.39. The molecule has 0 fully saturated rings. The maximum Gasteiger partial charge on any atom is 0.278 e. The van der Waals surface area contributed by atoms with Gasteiger partial charge in [-0.1, -0.05) is 66.2 Å². The number of anilines is 1. The summed E-state index contributed by atoms with van der Waals surface area (Å²) in [5.74, 6) is -0.120. The van der Waals surface area contributed by atoms with Crippen molar-refractivity contribution < 1.29 is 4.79 Å². The van der Waals surface area contributed by atoms with Gasteiger partial charge in [0.05, 0.1) is 5.56 Å². The van der Waals surface area contributed by atoms with Gasteiger partial charge in [0.25, 0.3) is 5.91 Å². The fraction of sp³-hybridized carbons (Fsp3) is 0.0909. The molecule has 0 radical (unpaired) electrons. The number of rotatable bonds is 4. The Balaban J connectivity index is 1.63. The smallest absolute Gasteiger partial charge is 0.278 e. The molecular formula is C22H18ClN3O. The molecule has 0 aromatic heterocycles. The van der Waals surface area contributed by atoms with Gasteiger partial charge in [0, 0.05) is 23.3 Å². The molecule has 1 aliphatic rings. The second-order valence-corrected chi connectivity index (χ2v) is 6.72. The summed E-state index contributed by atoms with van der Waals surface area (Å²) in [5, 5.41) is 10.1. The number of nitrogens with one attached hydrogen (secondary N) is 1. The molecule has 1 heterocycles. The third-order valence-electron chi connectivity index (χ3n) is 4.46. The van der Waals surface area contributed by atoms with Crippen LogP contribution in [-0.4, -0.2) is 17.1 Å². The zero-order valence-electron chi connectivity index (χ0n) is 14.5. The first-order valence-corrected chi connectivity index (χ1v) is 9.11. The zero-order valence-corrected chi connectivity index (χ0v) is 15.3. The van der Waals surface area contributed by atoms with Gasteiger partial charge in [-0.3, -0.25) is 4.79 Å². The van der Waals surface area contributed by atoms with Crippen molar-refractivity contribution in [2.24, 2.45) is 5.10 Å². The number of nitrogens with zero attached hydrogens (tertiary/aromatic N) is 2. The van der Waals surface area contributed by atoms with Crippen LogP contribution in [0.15, 0.2) is 84.0 Å². The van der Waals surface area contributed by atoms with E-state index in [2.05, 4.69) is 10.4 Å². The minimum Gasteiger partial charge on any atom is -0.359 e. The number of para-hydroxylation sites is 1. The molecule has 0 bridgehead atoms. The van der Waals surface area contributed by atoms with E-state index < -0.39 is 0 Å². The minimum atomic E-state index is -0.352. The largest absolute Gasteiger partial charge is 0.359 e. The van der Waals surface area contributed by atoms with Crippen LogP contribution in [-0.2, 0) is 6.42 Å². The lowest BCUT2D eigenvalue weighted by molar-refractivity contribution is 0.0691. The molecular weight excluding hydrogens is 358 g/mol.